The fraction of sp³-hybridized carbons (Fsp3) is 0.688. The van der Waals surface area contributed by atoms with Crippen molar-refractivity contribution >= 4 is 23.2 Å². The summed E-state index contributed by atoms with van der Waals surface area (Å²) in [7, 11) is 0. The van der Waals surface area contributed by atoms with Gasteiger partial charge in [-0.05, 0) is 95.2 Å². The molecular weight excluding hydrogens is 472 g/mol. The van der Waals surface area contributed by atoms with Crippen LogP contribution in [0.3, 0.4) is 0 Å². The number of carbonyl (C=O) groups excluding carboxylic acids is 2. The molecule has 0 spiro atoms. The molecule has 1 rings (SSSR count). The summed E-state index contributed by atoms with van der Waals surface area (Å²) in [5.74, 6) is 1.40. The van der Waals surface area contributed by atoms with E-state index in [9.17, 15) is 9.59 Å². The molecule has 2 atom stereocenters. The lowest BCUT2D eigenvalue weighted by molar-refractivity contribution is 0.0677. The van der Waals surface area contributed by atoms with Crippen LogP contribution in [0.4, 0.5) is 0 Å². The van der Waals surface area contributed by atoms with Crippen LogP contribution in [-0.4, -0.2) is 45.3 Å². The van der Waals surface area contributed by atoms with Crippen LogP contribution in [0.1, 0.15) is 129 Å². The Balaban J connectivity index is 3.44. The number of nitrogens with zero attached hydrogens (tertiary/aromatic N) is 4. The first-order chi connectivity index (χ1) is 17.6. The molecule has 0 heterocycles. The summed E-state index contributed by atoms with van der Waals surface area (Å²) in [6, 6.07) is 6.92. The largest absolute Gasteiger partial charge is 0.274 e. The van der Waals surface area contributed by atoms with E-state index in [4.69, 9.17) is 10.2 Å². The first-order valence-corrected chi connectivity index (χ1v) is 14.5. The van der Waals surface area contributed by atoms with Crippen LogP contribution in [-0.2, 0) is 0 Å². The Kier molecular flexibility index (Phi) is 13.9. The van der Waals surface area contributed by atoms with Gasteiger partial charge in [-0.2, -0.15) is 10.2 Å². The number of hydrogen-bond acceptors (Lipinski definition) is 4. The molecule has 6 heteroatoms. The smallest absolute Gasteiger partial charge is 0.267 e. The maximum atomic E-state index is 13.8. The minimum Gasteiger partial charge on any atom is -0.267 e. The minimum absolute atomic E-state index is 0.0604. The normalized spacial score (nSPS) is 14.4. The molecule has 0 bridgehead atoms. The van der Waals surface area contributed by atoms with Gasteiger partial charge < -0.3 is 0 Å². The number of hydrazone groups is 2. The van der Waals surface area contributed by atoms with E-state index in [1.807, 2.05) is 27.7 Å². The molecule has 2 unspecified atom stereocenters. The zero-order chi connectivity index (χ0) is 29.2. The summed E-state index contributed by atoms with van der Waals surface area (Å²) in [5.41, 5.74) is 2.79. The van der Waals surface area contributed by atoms with E-state index in [-0.39, 0.29) is 23.9 Å². The van der Waals surface area contributed by atoms with Crippen molar-refractivity contribution in [2.45, 2.75) is 121 Å². The van der Waals surface area contributed by atoms with E-state index in [1.165, 1.54) is 0 Å². The van der Waals surface area contributed by atoms with Crippen molar-refractivity contribution < 1.29 is 9.59 Å². The van der Waals surface area contributed by atoms with Gasteiger partial charge in [-0.1, -0.05) is 61.5 Å². The fourth-order valence-electron chi connectivity index (χ4n) is 4.93. The summed E-state index contributed by atoms with van der Waals surface area (Å²) in [6.07, 6.45) is 3.33. The number of hydrogen-bond donors (Lipinski definition) is 0. The van der Waals surface area contributed by atoms with Gasteiger partial charge in [0.25, 0.3) is 11.8 Å². The number of amides is 2. The lowest BCUT2D eigenvalue weighted by atomic mass is 10.0. The Hall–Kier alpha value is -2.50. The average Bonchev–Trinajstić information content (AvgIpc) is 2.78. The number of rotatable bonds is 14. The number of benzene rings is 1. The molecule has 0 aromatic heterocycles. The average molecular weight is 527 g/mol. The van der Waals surface area contributed by atoms with Crippen LogP contribution in [0.2, 0.25) is 0 Å². The summed E-state index contributed by atoms with van der Waals surface area (Å²) >= 11 is 0. The number of carbonyl (C=O) groups is 2. The third-order valence-electron chi connectivity index (χ3n) is 6.20. The molecule has 0 aliphatic heterocycles. The summed E-state index contributed by atoms with van der Waals surface area (Å²) < 4.78 is 0. The second-order valence-electron chi connectivity index (χ2n) is 12.7. The van der Waals surface area contributed by atoms with Crippen molar-refractivity contribution in [3.63, 3.8) is 0 Å². The standard InChI is InChI=1S/C32H54N4O2/c1-21(2)16-25(9)33-35(27(11)18-23(5)6)31(37)29-14-13-15-30(20-29)32(38)36(28(12)19-24(7)8)34-26(10)17-22(3)4/h13-15,20-24,27-28H,16-19H2,1-12H3. The maximum absolute atomic E-state index is 13.8. The van der Waals surface area contributed by atoms with Gasteiger partial charge in [0.05, 0.1) is 12.1 Å². The summed E-state index contributed by atoms with van der Waals surface area (Å²) in [5, 5.41) is 12.8. The van der Waals surface area contributed by atoms with E-state index in [1.54, 1.807) is 34.3 Å². The zero-order valence-electron chi connectivity index (χ0n) is 26.2. The monoisotopic (exact) mass is 526 g/mol. The molecule has 0 aliphatic rings. The van der Waals surface area contributed by atoms with Gasteiger partial charge in [-0.25, -0.2) is 10.0 Å². The zero-order valence-corrected chi connectivity index (χ0v) is 26.2. The van der Waals surface area contributed by atoms with Gasteiger partial charge in [-0.15, -0.1) is 0 Å². The van der Waals surface area contributed by atoms with Gasteiger partial charge in [-0.3, -0.25) is 9.59 Å². The minimum atomic E-state index is -0.183. The molecule has 0 saturated heterocycles. The molecule has 1 aromatic rings. The van der Waals surface area contributed by atoms with Crippen LogP contribution in [0.25, 0.3) is 0 Å². The Morgan fingerprint density at radius 3 is 1.26 bits per heavy atom. The molecule has 0 N–H and O–H groups in total. The molecule has 2 amide bonds. The highest BCUT2D eigenvalue weighted by atomic mass is 16.2. The van der Waals surface area contributed by atoms with E-state index in [2.05, 4.69) is 55.4 Å². The van der Waals surface area contributed by atoms with Gasteiger partial charge in [0.2, 0.25) is 0 Å². The van der Waals surface area contributed by atoms with Gasteiger partial charge >= 0.3 is 0 Å². The Morgan fingerprint density at radius 2 is 0.974 bits per heavy atom. The Bertz CT molecular complexity index is 889. The third kappa shape index (κ3) is 11.5. The SMILES string of the molecule is CC(CC(C)C)=NN(C(=O)c1cccc(C(=O)N(N=C(C)CC(C)C)C(C)CC(C)C)c1)C(C)CC(C)C. The van der Waals surface area contributed by atoms with Crippen molar-refractivity contribution in [3.8, 4) is 0 Å². The molecule has 6 nitrogen and oxygen atoms in total. The predicted octanol–water partition coefficient (Wildman–Crippen LogP) is 8.28. The first-order valence-electron chi connectivity index (χ1n) is 14.5. The third-order valence-corrected chi connectivity index (χ3v) is 6.20. The molecule has 0 radical (unpaired) electrons. The van der Waals surface area contributed by atoms with Crippen molar-refractivity contribution in [2.24, 2.45) is 33.9 Å². The molecule has 0 saturated carbocycles. The van der Waals surface area contributed by atoms with Crippen LogP contribution >= 0.6 is 0 Å². The van der Waals surface area contributed by atoms with Crippen LogP contribution in [0.15, 0.2) is 34.5 Å². The Labute approximate surface area is 232 Å². The highest BCUT2D eigenvalue weighted by Crippen LogP contribution is 2.21. The lowest BCUT2D eigenvalue weighted by Gasteiger charge is -2.28. The highest BCUT2D eigenvalue weighted by Gasteiger charge is 2.26. The molecular formula is C32H54N4O2. The fourth-order valence-corrected chi connectivity index (χ4v) is 4.93. The van der Waals surface area contributed by atoms with Crippen LogP contribution < -0.4 is 0 Å². The van der Waals surface area contributed by atoms with Crippen LogP contribution in [0, 0.1) is 23.7 Å². The predicted molar refractivity (Wildman–Crippen MR) is 162 cm³/mol. The van der Waals surface area contributed by atoms with Gasteiger partial charge in [0, 0.05) is 22.6 Å². The van der Waals surface area contributed by atoms with E-state index < -0.39 is 0 Å². The maximum Gasteiger partial charge on any atom is 0.274 e. The van der Waals surface area contributed by atoms with Gasteiger partial charge in [0.1, 0.15) is 0 Å². The van der Waals surface area contributed by atoms with Crippen molar-refractivity contribution in [1.29, 1.82) is 0 Å². The quantitative estimate of drug-likeness (QED) is 0.181. The first kappa shape index (κ1) is 33.5. The van der Waals surface area contributed by atoms with Crippen molar-refractivity contribution in [3.05, 3.63) is 35.4 Å². The lowest BCUT2D eigenvalue weighted by Crippen LogP contribution is -2.37. The molecule has 0 aliphatic carbocycles. The van der Waals surface area contributed by atoms with E-state index >= 15 is 0 Å². The second-order valence-corrected chi connectivity index (χ2v) is 12.7. The summed E-state index contributed by atoms with van der Waals surface area (Å²) in [4.78, 5) is 27.6. The van der Waals surface area contributed by atoms with Crippen LogP contribution in [0.5, 0.6) is 0 Å². The van der Waals surface area contributed by atoms with Gasteiger partial charge in [0.15, 0.2) is 0 Å². The summed E-state index contributed by atoms with van der Waals surface area (Å²) in [6.45, 7) is 25.2. The second kappa shape index (κ2) is 15.8. The molecule has 214 valence electrons. The highest BCUT2D eigenvalue weighted by molar-refractivity contribution is 6.00. The van der Waals surface area contributed by atoms with Crippen molar-refractivity contribution in [2.75, 3.05) is 0 Å². The molecule has 1 aromatic carbocycles. The van der Waals surface area contributed by atoms with E-state index in [0.29, 0.717) is 34.8 Å². The molecule has 38 heavy (non-hydrogen) atoms. The Morgan fingerprint density at radius 1 is 0.632 bits per heavy atom. The van der Waals surface area contributed by atoms with E-state index in [0.717, 1.165) is 37.1 Å². The topological polar surface area (TPSA) is 65.3 Å². The molecule has 0 fully saturated rings. The van der Waals surface area contributed by atoms with Crippen molar-refractivity contribution in [1.82, 2.24) is 10.0 Å².